The summed E-state index contributed by atoms with van der Waals surface area (Å²) in [4.78, 5) is 24.7. The predicted molar refractivity (Wildman–Crippen MR) is 80.1 cm³/mol. The van der Waals surface area contributed by atoms with E-state index in [0.29, 0.717) is 29.4 Å². The lowest BCUT2D eigenvalue weighted by Crippen LogP contribution is -2.35. The molecule has 2 aromatic rings. The third-order valence-corrected chi connectivity index (χ3v) is 4.83. The van der Waals surface area contributed by atoms with Crippen LogP contribution in [-0.2, 0) is 27.9 Å². The summed E-state index contributed by atoms with van der Waals surface area (Å²) in [5, 5.41) is 9.57. The number of aromatic nitrogens is 1. The molecule has 0 saturated heterocycles. The van der Waals surface area contributed by atoms with Gasteiger partial charge in [0.2, 0.25) is 0 Å². The molecule has 0 atom stereocenters. The van der Waals surface area contributed by atoms with Gasteiger partial charge in [-0.05, 0) is 30.2 Å². The number of nitrogens with zero attached hydrogens (tertiary/aromatic N) is 2. The first-order chi connectivity index (χ1) is 10.7. The molecule has 0 aliphatic carbocycles. The van der Waals surface area contributed by atoms with E-state index in [2.05, 4.69) is 0 Å². The normalized spacial score (nSPS) is 15.0. The molecule has 1 aliphatic heterocycles. The molecule has 0 spiro atoms. The Morgan fingerprint density at radius 1 is 1.35 bits per heavy atom. The zero-order valence-electron chi connectivity index (χ0n) is 12.2. The lowest BCUT2D eigenvalue weighted by molar-refractivity contribution is -0.137. The number of benzene rings is 1. The number of carbonyl (C=O) groups is 2. The van der Waals surface area contributed by atoms with E-state index in [4.69, 9.17) is 5.11 Å². The van der Waals surface area contributed by atoms with E-state index in [9.17, 15) is 22.6 Å². The van der Waals surface area contributed by atoms with Crippen molar-refractivity contribution in [2.24, 2.45) is 0 Å². The second kappa shape index (κ2) is 5.07. The van der Waals surface area contributed by atoms with Crippen molar-refractivity contribution < 1.29 is 27.7 Å². The van der Waals surface area contributed by atoms with Crippen molar-refractivity contribution in [2.75, 3.05) is 13.6 Å². The summed E-state index contributed by atoms with van der Waals surface area (Å²) in [7, 11) is -2.76. The SMILES string of the molecule is CN1CCc2c(n(CC(=O)O)c3ccc(S(=O)(=O)O)cc23)C1=O. The fourth-order valence-corrected chi connectivity index (χ4v) is 3.43. The van der Waals surface area contributed by atoms with Gasteiger partial charge in [-0.25, -0.2) is 0 Å². The predicted octanol–water partition coefficient (Wildman–Crippen LogP) is 0.601. The standard InChI is InChI=1S/C14H14N2O6S/c1-15-5-4-9-10-6-8(23(20,21)22)2-3-11(10)16(7-12(17)18)13(9)14(15)19/h2-3,6H,4-5,7H2,1H3,(H,17,18)(H,20,21,22). The van der Waals surface area contributed by atoms with Crippen LogP contribution in [0.5, 0.6) is 0 Å². The largest absolute Gasteiger partial charge is 0.480 e. The number of likely N-dealkylation sites (N-methyl/N-ethyl adjacent to an activating group) is 1. The van der Waals surface area contributed by atoms with Crippen molar-refractivity contribution in [1.29, 1.82) is 0 Å². The average Bonchev–Trinajstić information content (AvgIpc) is 2.76. The van der Waals surface area contributed by atoms with Crippen LogP contribution in [0.25, 0.3) is 10.9 Å². The van der Waals surface area contributed by atoms with Gasteiger partial charge in [0.05, 0.1) is 4.90 Å². The highest BCUT2D eigenvalue weighted by atomic mass is 32.2. The Balaban J connectivity index is 2.36. The number of carboxylic acid groups (broad SMARTS) is 1. The highest BCUT2D eigenvalue weighted by molar-refractivity contribution is 7.85. The Bertz CT molecular complexity index is 944. The first-order valence-electron chi connectivity index (χ1n) is 6.80. The zero-order chi connectivity index (χ0) is 16.9. The Morgan fingerprint density at radius 3 is 2.65 bits per heavy atom. The van der Waals surface area contributed by atoms with Gasteiger partial charge in [0.1, 0.15) is 12.2 Å². The van der Waals surface area contributed by atoms with Gasteiger partial charge in [0, 0.05) is 24.5 Å². The van der Waals surface area contributed by atoms with Gasteiger partial charge in [-0.3, -0.25) is 14.1 Å². The van der Waals surface area contributed by atoms with Crippen LogP contribution in [0.3, 0.4) is 0 Å². The molecule has 8 nitrogen and oxygen atoms in total. The van der Waals surface area contributed by atoms with Crippen LogP contribution in [0.15, 0.2) is 23.1 Å². The molecule has 1 amide bonds. The molecule has 0 unspecified atom stereocenters. The number of rotatable bonds is 3. The van der Waals surface area contributed by atoms with Crippen LogP contribution in [0, 0.1) is 0 Å². The fourth-order valence-electron chi connectivity index (χ4n) is 2.92. The Labute approximate surface area is 131 Å². The average molecular weight is 338 g/mol. The third kappa shape index (κ3) is 2.47. The smallest absolute Gasteiger partial charge is 0.323 e. The minimum Gasteiger partial charge on any atom is -0.480 e. The van der Waals surface area contributed by atoms with Gasteiger partial charge >= 0.3 is 5.97 Å². The number of hydrogen-bond acceptors (Lipinski definition) is 4. The number of hydrogen-bond donors (Lipinski definition) is 2. The first kappa shape index (κ1) is 15.5. The fraction of sp³-hybridized carbons (Fsp3) is 0.286. The second-order valence-corrected chi connectivity index (χ2v) is 6.86. The van der Waals surface area contributed by atoms with E-state index in [1.165, 1.54) is 27.7 Å². The molecule has 0 fully saturated rings. The summed E-state index contributed by atoms with van der Waals surface area (Å²) in [6.45, 7) is 0.0464. The summed E-state index contributed by atoms with van der Waals surface area (Å²) in [6, 6.07) is 3.88. The number of amides is 1. The minimum absolute atomic E-state index is 0.253. The van der Waals surface area contributed by atoms with Crippen molar-refractivity contribution in [1.82, 2.24) is 9.47 Å². The molecule has 1 aromatic heterocycles. The molecule has 0 bridgehead atoms. The van der Waals surface area contributed by atoms with Crippen molar-refractivity contribution in [3.63, 3.8) is 0 Å². The lowest BCUT2D eigenvalue weighted by atomic mass is 10.0. The van der Waals surface area contributed by atoms with Gasteiger partial charge in [-0.2, -0.15) is 8.42 Å². The molecule has 1 aromatic carbocycles. The molecule has 3 rings (SSSR count). The first-order valence-corrected chi connectivity index (χ1v) is 8.24. The zero-order valence-corrected chi connectivity index (χ0v) is 13.0. The van der Waals surface area contributed by atoms with E-state index in [-0.39, 0.29) is 16.5 Å². The van der Waals surface area contributed by atoms with Gasteiger partial charge in [0.25, 0.3) is 16.0 Å². The molecule has 0 radical (unpaired) electrons. The van der Waals surface area contributed by atoms with E-state index >= 15 is 0 Å². The van der Waals surface area contributed by atoms with Gasteiger partial charge in [-0.1, -0.05) is 0 Å². The molecule has 2 heterocycles. The molecule has 1 aliphatic rings. The lowest BCUT2D eigenvalue weighted by Gasteiger charge is -2.24. The van der Waals surface area contributed by atoms with E-state index in [1.807, 2.05) is 0 Å². The summed E-state index contributed by atoms with van der Waals surface area (Å²) < 4.78 is 33.2. The third-order valence-electron chi connectivity index (χ3n) is 3.98. The van der Waals surface area contributed by atoms with Gasteiger partial charge in [0.15, 0.2) is 0 Å². The molecular formula is C14H14N2O6S. The summed E-state index contributed by atoms with van der Waals surface area (Å²) in [5.74, 6) is -1.42. The Morgan fingerprint density at radius 2 is 2.04 bits per heavy atom. The molecule has 0 saturated carbocycles. The molecule has 122 valence electrons. The van der Waals surface area contributed by atoms with Crippen LogP contribution in [-0.4, -0.2) is 53.0 Å². The Kier molecular flexibility index (Phi) is 3.42. The van der Waals surface area contributed by atoms with Gasteiger partial charge < -0.3 is 14.6 Å². The number of aliphatic carboxylic acids is 1. The molecular weight excluding hydrogens is 324 g/mol. The summed E-state index contributed by atoms with van der Waals surface area (Å²) >= 11 is 0. The topological polar surface area (TPSA) is 117 Å². The summed E-state index contributed by atoms with van der Waals surface area (Å²) in [5.41, 5.74) is 1.31. The van der Waals surface area contributed by atoms with Crippen LogP contribution < -0.4 is 0 Å². The van der Waals surface area contributed by atoms with Crippen molar-refractivity contribution >= 4 is 32.9 Å². The van der Waals surface area contributed by atoms with E-state index in [0.717, 1.165) is 0 Å². The van der Waals surface area contributed by atoms with Crippen LogP contribution in [0.2, 0.25) is 0 Å². The highest BCUT2D eigenvalue weighted by Crippen LogP contribution is 2.32. The quantitative estimate of drug-likeness (QED) is 0.792. The minimum atomic E-state index is -4.38. The molecule has 23 heavy (non-hydrogen) atoms. The van der Waals surface area contributed by atoms with Crippen molar-refractivity contribution in [2.45, 2.75) is 17.9 Å². The van der Waals surface area contributed by atoms with Crippen LogP contribution >= 0.6 is 0 Å². The maximum Gasteiger partial charge on any atom is 0.323 e. The summed E-state index contributed by atoms with van der Waals surface area (Å²) in [6.07, 6.45) is 0.482. The van der Waals surface area contributed by atoms with Crippen molar-refractivity contribution in [3.8, 4) is 0 Å². The number of carbonyl (C=O) groups excluding carboxylic acids is 1. The number of carboxylic acids is 1. The van der Waals surface area contributed by atoms with Gasteiger partial charge in [-0.15, -0.1) is 0 Å². The maximum absolute atomic E-state index is 12.4. The molecule has 9 heteroatoms. The molecule has 2 N–H and O–H groups in total. The van der Waals surface area contributed by atoms with Crippen molar-refractivity contribution in [3.05, 3.63) is 29.5 Å². The van der Waals surface area contributed by atoms with E-state index < -0.39 is 22.6 Å². The highest BCUT2D eigenvalue weighted by Gasteiger charge is 2.30. The second-order valence-electron chi connectivity index (χ2n) is 5.44. The Hall–Kier alpha value is -2.39. The van der Waals surface area contributed by atoms with Crippen LogP contribution in [0.4, 0.5) is 0 Å². The maximum atomic E-state index is 12.4. The monoisotopic (exact) mass is 338 g/mol. The van der Waals surface area contributed by atoms with E-state index in [1.54, 1.807) is 7.05 Å². The van der Waals surface area contributed by atoms with Crippen LogP contribution in [0.1, 0.15) is 16.1 Å². The number of fused-ring (bicyclic) bond motifs is 3.